The second-order valence-electron chi connectivity index (χ2n) is 4.49. The summed E-state index contributed by atoms with van der Waals surface area (Å²) >= 11 is 0. The maximum absolute atomic E-state index is 13.7. The molecule has 2 aromatic rings. The van der Waals surface area contributed by atoms with Gasteiger partial charge in [0.2, 0.25) is 0 Å². The Bertz CT molecular complexity index is 607. The predicted octanol–water partition coefficient (Wildman–Crippen LogP) is 1.94. The standard InChI is InChI=1S/C12H11F3N4/c13-9-3-4-10(12(15)11(9)14)19-8(6-17-18-19)5-16-7-1-2-7/h3-4,6-7,16H,1-2,5H2. The lowest BCUT2D eigenvalue weighted by Crippen LogP contribution is -2.18. The van der Waals surface area contributed by atoms with Crippen molar-refractivity contribution in [2.24, 2.45) is 0 Å². The van der Waals surface area contributed by atoms with E-state index in [-0.39, 0.29) is 5.69 Å². The van der Waals surface area contributed by atoms with Crippen LogP contribution in [0.15, 0.2) is 18.3 Å². The first-order valence-corrected chi connectivity index (χ1v) is 5.93. The Morgan fingerprint density at radius 1 is 1.21 bits per heavy atom. The van der Waals surface area contributed by atoms with Crippen molar-refractivity contribution in [3.8, 4) is 5.69 Å². The molecule has 4 nitrogen and oxygen atoms in total. The van der Waals surface area contributed by atoms with Crippen LogP contribution in [-0.2, 0) is 6.54 Å². The molecule has 1 heterocycles. The third-order valence-electron chi connectivity index (χ3n) is 3.01. The number of rotatable bonds is 4. The van der Waals surface area contributed by atoms with Crippen molar-refractivity contribution in [1.29, 1.82) is 0 Å². The van der Waals surface area contributed by atoms with E-state index in [0.717, 1.165) is 25.0 Å². The van der Waals surface area contributed by atoms with Gasteiger partial charge in [0.1, 0.15) is 5.69 Å². The lowest BCUT2D eigenvalue weighted by atomic mass is 10.2. The summed E-state index contributed by atoms with van der Waals surface area (Å²) in [6.07, 6.45) is 3.69. The number of hydrogen-bond donors (Lipinski definition) is 1. The van der Waals surface area contributed by atoms with E-state index in [0.29, 0.717) is 18.3 Å². The third-order valence-corrected chi connectivity index (χ3v) is 3.01. The van der Waals surface area contributed by atoms with Crippen molar-refractivity contribution in [3.63, 3.8) is 0 Å². The highest BCUT2D eigenvalue weighted by Crippen LogP contribution is 2.21. The molecule has 0 saturated heterocycles. The van der Waals surface area contributed by atoms with E-state index in [2.05, 4.69) is 15.6 Å². The minimum Gasteiger partial charge on any atom is -0.308 e. The van der Waals surface area contributed by atoms with Crippen molar-refractivity contribution < 1.29 is 13.2 Å². The minimum atomic E-state index is -1.51. The van der Waals surface area contributed by atoms with Crippen LogP contribution in [0, 0.1) is 17.5 Å². The third kappa shape index (κ3) is 2.33. The summed E-state index contributed by atoms with van der Waals surface area (Å²) in [4.78, 5) is 0. The number of aromatic nitrogens is 3. The number of nitrogens with zero attached hydrogens (tertiary/aromatic N) is 3. The van der Waals surface area contributed by atoms with Gasteiger partial charge in [0.15, 0.2) is 17.5 Å². The highest BCUT2D eigenvalue weighted by atomic mass is 19.2. The number of benzene rings is 1. The van der Waals surface area contributed by atoms with Crippen LogP contribution in [0.2, 0.25) is 0 Å². The van der Waals surface area contributed by atoms with E-state index >= 15 is 0 Å². The van der Waals surface area contributed by atoms with Crippen LogP contribution in [0.5, 0.6) is 0 Å². The number of hydrogen-bond acceptors (Lipinski definition) is 3. The maximum Gasteiger partial charge on any atom is 0.196 e. The molecule has 0 unspecified atom stereocenters. The molecule has 1 aliphatic carbocycles. The molecule has 1 fully saturated rings. The van der Waals surface area contributed by atoms with Gasteiger partial charge in [-0.3, -0.25) is 0 Å². The lowest BCUT2D eigenvalue weighted by molar-refractivity contribution is 0.441. The SMILES string of the molecule is Fc1ccc(-n2nncc2CNC2CC2)c(F)c1F. The molecular weight excluding hydrogens is 257 g/mol. The van der Waals surface area contributed by atoms with Crippen molar-refractivity contribution in [2.75, 3.05) is 0 Å². The van der Waals surface area contributed by atoms with Gasteiger partial charge in [0.25, 0.3) is 0 Å². The van der Waals surface area contributed by atoms with E-state index in [1.807, 2.05) is 0 Å². The van der Waals surface area contributed by atoms with E-state index in [4.69, 9.17) is 0 Å². The van der Waals surface area contributed by atoms with E-state index in [1.165, 1.54) is 10.9 Å². The highest BCUT2D eigenvalue weighted by Gasteiger charge is 2.22. The van der Waals surface area contributed by atoms with Crippen molar-refractivity contribution in [2.45, 2.75) is 25.4 Å². The zero-order valence-electron chi connectivity index (χ0n) is 9.91. The molecular formula is C12H11F3N4. The molecule has 0 atom stereocenters. The van der Waals surface area contributed by atoms with Crippen molar-refractivity contribution in [1.82, 2.24) is 20.3 Å². The van der Waals surface area contributed by atoms with Gasteiger partial charge in [-0.2, -0.15) is 0 Å². The molecule has 100 valence electrons. The average molecular weight is 268 g/mol. The lowest BCUT2D eigenvalue weighted by Gasteiger charge is -2.08. The van der Waals surface area contributed by atoms with Gasteiger partial charge < -0.3 is 5.32 Å². The van der Waals surface area contributed by atoms with E-state index in [1.54, 1.807) is 0 Å². The van der Waals surface area contributed by atoms with Gasteiger partial charge in [-0.05, 0) is 25.0 Å². The first-order chi connectivity index (χ1) is 9.16. The second-order valence-corrected chi connectivity index (χ2v) is 4.49. The summed E-state index contributed by atoms with van der Waals surface area (Å²) < 4.78 is 41.0. The van der Waals surface area contributed by atoms with Gasteiger partial charge in [-0.15, -0.1) is 5.10 Å². The summed E-state index contributed by atoms with van der Waals surface area (Å²) in [7, 11) is 0. The molecule has 0 radical (unpaired) electrons. The normalized spacial score (nSPS) is 14.9. The molecule has 0 bridgehead atoms. The zero-order chi connectivity index (χ0) is 13.4. The molecule has 1 aliphatic rings. The molecule has 7 heteroatoms. The Hall–Kier alpha value is -1.89. The summed E-state index contributed by atoms with van der Waals surface area (Å²) in [6, 6.07) is 2.48. The fourth-order valence-electron chi connectivity index (χ4n) is 1.80. The van der Waals surface area contributed by atoms with Gasteiger partial charge in [-0.1, -0.05) is 5.21 Å². The fraction of sp³-hybridized carbons (Fsp3) is 0.333. The molecule has 19 heavy (non-hydrogen) atoms. The second kappa shape index (κ2) is 4.65. The van der Waals surface area contributed by atoms with E-state index in [9.17, 15) is 13.2 Å². The van der Waals surface area contributed by atoms with Crippen LogP contribution in [0.3, 0.4) is 0 Å². The molecule has 0 amide bonds. The molecule has 0 spiro atoms. The monoisotopic (exact) mass is 268 g/mol. The molecule has 1 saturated carbocycles. The molecule has 1 N–H and O–H groups in total. The van der Waals surface area contributed by atoms with Crippen LogP contribution in [0.1, 0.15) is 18.5 Å². The fourth-order valence-corrected chi connectivity index (χ4v) is 1.80. The Kier molecular flexibility index (Phi) is 2.98. The Balaban J connectivity index is 1.93. The predicted molar refractivity (Wildman–Crippen MR) is 61.1 cm³/mol. The van der Waals surface area contributed by atoms with Gasteiger partial charge in [-0.25, -0.2) is 17.9 Å². The van der Waals surface area contributed by atoms with Crippen molar-refractivity contribution >= 4 is 0 Å². The van der Waals surface area contributed by atoms with Crippen molar-refractivity contribution in [3.05, 3.63) is 41.5 Å². The van der Waals surface area contributed by atoms with Crippen LogP contribution in [0.4, 0.5) is 13.2 Å². The quantitative estimate of drug-likeness (QED) is 0.862. The summed E-state index contributed by atoms with van der Waals surface area (Å²) in [5.74, 6) is -3.99. The molecule has 3 rings (SSSR count). The molecule has 0 aliphatic heterocycles. The Morgan fingerprint density at radius 2 is 2.00 bits per heavy atom. The Labute approximate surface area is 107 Å². The minimum absolute atomic E-state index is 0.149. The number of halogens is 3. The molecule has 1 aromatic heterocycles. The van der Waals surface area contributed by atoms with Crippen LogP contribution >= 0.6 is 0 Å². The summed E-state index contributed by atoms with van der Waals surface area (Å²) in [6.45, 7) is 0.454. The largest absolute Gasteiger partial charge is 0.308 e. The maximum atomic E-state index is 13.7. The number of nitrogens with one attached hydrogen (secondary N) is 1. The van der Waals surface area contributed by atoms with Gasteiger partial charge >= 0.3 is 0 Å². The van der Waals surface area contributed by atoms with Crippen LogP contribution in [-0.4, -0.2) is 21.0 Å². The summed E-state index contributed by atoms with van der Waals surface area (Å²) in [5, 5.41) is 10.6. The van der Waals surface area contributed by atoms with Crippen LogP contribution < -0.4 is 5.32 Å². The summed E-state index contributed by atoms with van der Waals surface area (Å²) in [5.41, 5.74) is 0.445. The smallest absolute Gasteiger partial charge is 0.196 e. The first kappa shape index (κ1) is 12.2. The van der Waals surface area contributed by atoms with Gasteiger partial charge in [0.05, 0.1) is 11.9 Å². The van der Waals surface area contributed by atoms with Gasteiger partial charge in [0, 0.05) is 12.6 Å². The first-order valence-electron chi connectivity index (χ1n) is 5.93. The Morgan fingerprint density at radius 3 is 2.74 bits per heavy atom. The van der Waals surface area contributed by atoms with E-state index < -0.39 is 17.5 Å². The zero-order valence-corrected chi connectivity index (χ0v) is 9.91. The topological polar surface area (TPSA) is 42.7 Å². The average Bonchev–Trinajstić information content (AvgIpc) is 3.12. The van der Waals surface area contributed by atoms with Crippen LogP contribution in [0.25, 0.3) is 5.69 Å². The highest BCUT2D eigenvalue weighted by molar-refractivity contribution is 5.35. The molecule has 1 aromatic carbocycles.